The topological polar surface area (TPSA) is 88.2 Å². The molecule has 4 rings (SSSR count). The van der Waals surface area contributed by atoms with Crippen molar-refractivity contribution in [3.63, 3.8) is 0 Å². The van der Waals surface area contributed by atoms with E-state index < -0.39 is 0 Å². The molecule has 6 nitrogen and oxygen atoms in total. The van der Waals surface area contributed by atoms with Crippen LogP contribution in [0.25, 0.3) is 0 Å². The van der Waals surface area contributed by atoms with E-state index in [1.54, 1.807) is 24.3 Å². The molecule has 0 bridgehead atoms. The van der Waals surface area contributed by atoms with Crippen molar-refractivity contribution < 1.29 is 14.4 Å². The van der Waals surface area contributed by atoms with Crippen molar-refractivity contribution in [1.82, 2.24) is 4.98 Å². The molecule has 2 aromatic carbocycles. The first-order chi connectivity index (χ1) is 14.5. The van der Waals surface area contributed by atoms with Crippen LogP contribution in [0.1, 0.15) is 43.7 Å². The Kier molecular flexibility index (Phi) is 5.22. The van der Waals surface area contributed by atoms with Crippen LogP contribution in [-0.2, 0) is 6.54 Å². The largest absolute Gasteiger partial charge is 0.381 e. The van der Waals surface area contributed by atoms with Gasteiger partial charge in [0.15, 0.2) is 5.78 Å². The first-order valence-corrected chi connectivity index (χ1v) is 9.48. The Bertz CT molecular complexity index is 1180. The number of allylic oxidation sites excluding steroid dienone is 2. The zero-order valence-electron chi connectivity index (χ0n) is 16.3. The second kappa shape index (κ2) is 8.13. The highest BCUT2D eigenvalue weighted by Gasteiger charge is 2.27. The SMILES string of the molecule is CC(=O)c1cc(NCc2ccccc2)ccc1NC1=CC(=O)c2ncccc2C1=O. The minimum Gasteiger partial charge on any atom is -0.381 e. The summed E-state index contributed by atoms with van der Waals surface area (Å²) in [4.78, 5) is 41.3. The van der Waals surface area contributed by atoms with Gasteiger partial charge in [-0.2, -0.15) is 0 Å². The van der Waals surface area contributed by atoms with Gasteiger partial charge in [0.05, 0.1) is 11.3 Å². The van der Waals surface area contributed by atoms with Gasteiger partial charge >= 0.3 is 0 Å². The highest BCUT2D eigenvalue weighted by Crippen LogP contribution is 2.26. The van der Waals surface area contributed by atoms with Gasteiger partial charge in [-0.15, -0.1) is 0 Å². The summed E-state index contributed by atoms with van der Waals surface area (Å²) in [7, 11) is 0. The molecule has 0 spiro atoms. The van der Waals surface area contributed by atoms with Crippen molar-refractivity contribution in [2.75, 3.05) is 10.6 Å². The van der Waals surface area contributed by atoms with Crippen LogP contribution < -0.4 is 10.6 Å². The smallest absolute Gasteiger partial charge is 0.211 e. The lowest BCUT2D eigenvalue weighted by Gasteiger charge is -2.18. The van der Waals surface area contributed by atoms with Crippen LogP contribution in [-0.4, -0.2) is 22.3 Å². The van der Waals surface area contributed by atoms with Gasteiger partial charge in [-0.3, -0.25) is 19.4 Å². The molecule has 1 heterocycles. The maximum Gasteiger partial charge on any atom is 0.211 e. The fourth-order valence-electron chi connectivity index (χ4n) is 3.29. The average molecular weight is 397 g/mol. The summed E-state index contributed by atoms with van der Waals surface area (Å²) in [6, 6.07) is 18.4. The number of aromatic nitrogens is 1. The Morgan fingerprint density at radius 2 is 1.80 bits per heavy atom. The Morgan fingerprint density at radius 3 is 2.57 bits per heavy atom. The molecule has 0 aliphatic heterocycles. The van der Waals surface area contributed by atoms with Gasteiger partial charge in [0, 0.05) is 35.8 Å². The van der Waals surface area contributed by atoms with Crippen molar-refractivity contribution in [3.8, 4) is 0 Å². The lowest BCUT2D eigenvalue weighted by Crippen LogP contribution is -2.23. The minimum atomic E-state index is -0.349. The monoisotopic (exact) mass is 397 g/mol. The summed E-state index contributed by atoms with van der Waals surface area (Å²) in [5.41, 5.74) is 3.29. The van der Waals surface area contributed by atoms with Crippen LogP contribution >= 0.6 is 0 Å². The summed E-state index contributed by atoms with van der Waals surface area (Å²) in [5.74, 6) is -0.838. The number of fused-ring (bicyclic) bond motifs is 1. The number of carbonyl (C=O) groups excluding carboxylic acids is 3. The van der Waals surface area contributed by atoms with E-state index in [0.717, 1.165) is 11.3 Å². The molecule has 2 N–H and O–H groups in total. The Hall–Kier alpha value is -4.06. The second-order valence-electron chi connectivity index (χ2n) is 6.93. The maximum atomic E-state index is 12.8. The molecule has 30 heavy (non-hydrogen) atoms. The van der Waals surface area contributed by atoms with Gasteiger partial charge in [-0.05, 0) is 42.8 Å². The third-order valence-electron chi connectivity index (χ3n) is 4.81. The Morgan fingerprint density at radius 1 is 1.00 bits per heavy atom. The predicted molar refractivity (Wildman–Crippen MR) is 115 cm³/mol. The van der Waals surface area contributed by atoms with Gasteiger partial charge < -0.3 is 10.6 Å². The lowest BCUT2D eigenvalue weighted by molar-refractivity contribution is 0.0981. The molecule has 0 amide bonds. The van der Waals surface area contributed by atoms with Crippen molar-refractivity contribution in [1.29, 1.82) is 0 Å². The number of Topliss-reactive ketones (excluding diaryl/α,β-unsaturated/α-hetero) is 2. The molecule has 6 heteroatoms. The van der Waals surface area contributed by atoms with Crippen LogP contribution in [0.2, 0.25) is 0 Å². The number of nitrogens with one attached hydrogen (secondary N) is 2. The Labute approximate surface area is 173 Å². The second-order valence-corrected chi connectivity index (χ2v) is 6.93. The third-order valence-corrected chi connectivity index (χ3v) is 4.81. The standard InChI is InChI=1S/C24H19N3O3/c1-15(28)19-12-17(26-14-16-6-3-2-4-7-16)9-10-20(19)27-21-13-22(29)23-18(24(21)30)8-5-11-25-23/h2-13,26-27H,14H2,1H3. The van der Waals surface area contributed by atoms with E-state index in [1.165, 1.54) is 19.2 Å². The number of rotatable bonds is 6. The molecule has 0 unspecified atom stereocenters. The van der Waals surface area contributed by atoms with Crippen molar-refractivity contribution in [2.45, 2.75) is 13.5 Å². The third kappa shape index (κ3) is 3.89. The van der Waals surface area contributed by atoms with Crippen molar-refractivity contribution in [2.24, 2.45) is 0 Å². The summed E-state index contributed by atoms with van der Waals surface area (Å²) in [6.07, 6.45) is 2.70. The molecule has 0 radical (unpaired) electrons. The van der Waals surface area contributed by atoms with Crippen LogP contribution in [0.3, 0.4) is 0 Å². The van der Waals surface area contributed by atoms with Crippen LogP contribution in [0.5, 0.6) is 0 Å². The average Bonchev–Trinajstić information content (AvgIpc) is 2.77. The van der Waals surface area contributed by atoms with E-state index in [-0.39, 0.29) is 34.3 Å². The quantitative estimate of drug-likeness (QED) is 0.604. The number of pyridine rings is 1. The number of hydrogen-bond acceptors (Lipinski definition) is 6. The summed E-state index contributed by atoms with van der Waals surface area (Å²) in [5, 5.41) is 6.26. The highest BCUT2D eigenvalue weighted by atomic mass is 16.1. The number of ketones is 3. The van der Waals surface area contributed by atoms with Gasteiger partial charge in [0.1, 0.15) is 5.69 Å². The minimum absolute atomic E-state index is 0.119. The molecule has 0 saturated heterocycles. The van der Waals surface area contributed by atoms with Crippen LogP contribution in [0.15, 0.2) is 78.6 Å². The van der Waals surface area contributed by atoms with Gasteiger partial charge in [0.25, 0.3) is 0 Å². The zero-order valence-corrected chi connectivity index (χ0v) is 16.3. The molecule has 0 fully saturated rings. The molecular formula is C24H19N3O3. The van der Waals surface area contributed by atoms with E-state index in [2.05, 4.69) is 15.6 Å². The zero-order chi connectivity index (χ0) is 21.1. The number of benzene rings is 2. The predicted octanol–water partition coefficient (Wildman–Crippen LogP) is 4.27. The van der Waals surface area contributed by atoms with E-state index in [1.807, 2.05) is 36.4 Å². The van der Waals surface area contributed by atoms with Crippen molar-refractivity contribution in [3.05, 3.63) is 101 Å². The number of carbonyl (C=O) groups is 3. The van der Waals surface area contributed by atoms with Crippen LogP contribution in [0.4, 0.5) is 11.4 Å². The summed E-state index contributed by atoms with van der Waals surface area (Å²) >= 11 is 0. The number of hydrogen-bond donors (Lipinski definition) is 2. The first-order valence-electron chi connectivity index (χ1n) is 9.48. The number of anilines is 2. The van der Waals surface area contributed by atoms with E-state index in [9.17, 15) is 14.4 Å². The normalized spacial score (nSPS) is 12.8. The molecule has 3 aromatic rings. The van der Waals surface area contributed by atoms with Crippen LogP contribution in [0, 0.1) is 0 Å². The summed E-state index contributed by atoms with van der Waals surface area (Å²) in [6.45, 7) is 2.08. The lowest BCUT2D eigenvalue weighted by atomic mass is 9.96. The molecule has 148 valence electrons. The maximum absolute atomic E-state index is 12.8. The molecular weight excluding hydrogens is 378 g/mol. The van der Waals surface area contributed by atoms with Gasteiger partial charge in [-0.1, -0.05) is 30.3 Å². The van der Waals surface area contributed by atoms with Gasteiger partial charge in [0.2, 0.25) is 11.6 Å². The first kappa shape index (κ1) is 19.3. The molecule has 1 aliphatic rings. The molecule has 0 saturated carbocycles. The molecule has 0 atom stereocenters. The van der Waals surface area contributed by atoms with Crippen molar-refractivity contribution >= 4 is 28.7 Å². The van der Waals surface area contributed by atoms with E-state index >= 15 is 0 Å². The van der Waals surface area contributed by atoms with Gasteiger partial charge in [-0.25, -0.2) is 0 Å². The van der Waals surface area contributed by atoms with E-state index in [0.29, 0.717) is 17.8 Å². The summed E-state index contributed by atoms with van der Waals surface area (Å²) < 4.78 is 0. The fraction of sp³-hybridized carbons (Fsp3) is 0.0833. The number of nitrogens with zero attached hydrogens (tertiary/aromatic N) is 1. The van der Waals surface area contributed by atoms with E-state index in [4.69, 9.17) is 0 Å². The molecule has 1 aromatic heterocycles. The molecule has 1 aliphatic carbocycles. The Balaban J connectivity index is 1.58. The fourth-order valence-corrected chi connectivity index (χ4v) is 3.29. The highest BCUT2D eigenvalue weighted by molar-refractivity contribution is 6.24.